The van der Waals surface area contributed by atoms with Gasteiger partial charge in [-0.15, -0.1) is 0 Å². The van der Waals surface area contributed by atoms with Crippen LogP contribution in [0.3, 0.4) is 0 Å². The van der Waals surface area contributed by atoms with E-state index in [0.29, 0.717) is 23.0 Å². The number of fused-ring (bicyclic) bond motifs is 5. The van der Waals surface area contributed by atoms with Gasteiger partial charge in [0.1, 0.15) is 0 Å². The van der Waals surface area contributed by atoms with Gasteiger partial charge < -0.3 is 5.73 Å². The summed E-state index contributed by atoms with van der Waals surface area (Å²) in [6.07, 6.45) is 13.9. The lowest BCUT2D eigenvalue weighted by molar-refractivity contribution is -0.116. The van der Waals surface area contributed by atoms with Crippen molar-refractivity contribution in [3.05, 3.63) is 23.8 Å². The quantitative estimate of drug-likeness (QED) is 0.811. The maximum atomic E-state index is 11.9. The van der Waals surface area contributed by atoms with Crippen molar-refractivity contribution >= 4 is 5.78 Å². The van der Waals surface area contributed by atoms with Gasteiger partial charge in [-0.1, -0.05) is 32.9 Å². The summed E-state index contributed by atoms with van der Waals surface area (Å²) < 4.78 is 0. The molecule has 0 heterocycles. The Labute approximate surface area is 147 Å². The van der Waals surface area contributed by atoms with E-state index in [4.69, 9.17) is 5.73 Å². The monoisotopic (exact) mass is 327 g/mol. The minimum Gasteiger partial charge on any atom is -0.330 e. The summed E-state index contributed by atoms with van der Waals surface area (Å²) in [6.45, 7) is 8.17. The van der Waals surface area contributed by atoms with Crippen LogP contribution in [0.4, 0.5) is 0 Å². The van der Waals surface area contributed by atoms with Crippen molar-refractivity contribution in [2.45, 2.75) is 59.3 Å². The highest BCUT2D eigenvalue weighted by Crippen LogP contribution is 2.66. The van der Waals surface area contributed by atoms with Crippen LogP contribution in [0.1, 0.15) is 59.3 Å². The number of hydrogen-bond donors (Lipinski definition) is 1. The van der Waals surface area contributed by atoms with Crippen LogP contribution in [0.15, 0.2) is 23.8 Å². The van der Waals surface area contributed by atoms with Crippen molar-refractivity contribution in [1.29, 1.82) is 0 Å². The molecule has 24 heavy (non-hydrogen) atoms. The molecule has 4 aliphatic rings. The third kappa shape index (κ3) is 2.14. The van der Waals surface area contributed by atoms with Crippen LogP contribution in [-0.4, -0.2) is 12.3 Å². The first-order valence-electron chi connectivity index (χ1n) is 10.0. The number of hydrogen-bond acceptors (Lipinski definition) is 2. The van der Waals surface area contributed by atoms with E-state index in [9.17, 15) is 4.79 Å². The van der Waals surface area contributed by atoms with E-state index < -0.39 is 0 Å². The van der Waals surface area contributed by atoms with Crippen LogP contribution in [0.25, 0.3) is 0 Å². The van der Waals surface area contributed by atoms with E-state index in [1.807, 2.05) is 6.08 Å². The van der Waals surface area contributed by atoms with Crippen LogP contribution < -0.4 is 5.73 Å². The Morgan fingerprint density at radius 3 is 2.75 bits per heavy atom. The molecule has 0 spiro atoms. The number of ketones is 1. The van der Waals surface area contributed by atoms with E-state index in [1.165, 1.54) is 31.3 Å². The zero-order valence-electron chi connectivity index (χ0n) is 15.6. The van der Waals surface area contributed by atoms with E-state index >= 15 is 0 Å². The Hall–Kier alpha value is -0.890. The summed E-state index contributed by atoms with van der Waals surface area (Å²) >= 11 is 0. The second kappa shape index (κ2) is 5.56. The van der Waals surface area contributed by atoms with Crippen molar-refractivity contribution in [3.63, 3.8) is 0 Å². The van der Waals surface area contributed by atoms with Crippen LogP contribution in [0.5, 0.6) is 0 Å². The normalized spacial score (nSPS) is 48.3. The summed E-state index contributed by atoms with van der Waals surface area (Å²) in [5.74, 6) is 3.99. The number of carbonyl (C=O) groups is 1. The van der Waals surface area contributed by atoms with Crippen molar-refractivity contribution in [1.82, 2.24) is 0 Å². The Kier molecular flexibility index (Phi) is 3.84. The molecule has 132 valence electrons. The van der Waals surface area contributed by atoms with Gasteiger partial charge in [-0.3, -0.25) is 4.79 Å². The van der Waals surface area contributed by atoms with Gasteiger partial charge in [-0.05, 0) is 90.7 Å². The topological polar surface area (TPSA) is 43.1 Å². The molecule has 0 saturated heterocycles. The molecule has 2 saturated carbocycles. The van der Waals surface area contributed by atoms with Gasteiger partial charge >= 0.3 is 0 Å². The van der Waals surface area contributed by atoms with Crippen LogP contribution in [-0.2, 0) is 4.79 Å². The Morgan fingerprint density at radius 2 is 2.00 bits per heavy atom. The van der Waals surface area contributed by atoms with E-state index in [0.717, 1.165) is 37.1 Å². The van der Waals surface area contributed by atoms with Gasteiger partial charge in [0, 0.05) is 6.42 Å². The molecule has 2 N–H and O–H groups in total. The third-order valence-electron chi connectivity index (χ3n) is 8.65. The third-order valence-corrected chi connectivity index (χ3v) is 8.65. The molecule has 2 nitrogen and oxygen atoms in total. The summed E-state index contributed by atoms with van der Waals surface area (Å²) in [5.41, 5.74) is 8.04. The SMILES string of the molecule is CC(CN)[C@H]1CC[C@H]2[C@@H]3C=CC4=CC(=O)CC[C@]4(C)[C@H]3CC[C@]12C. The molecular weight excluding hydrogens is 294 g/mol. The number of rotatable bonds is 2. The van der Waals surface area contributed by atoms with Gasteiger partial charge in [0.15, 0.2) is 5.78 Å². The Bertz CT molecular complexity index is 605. The highest BCUT2D eigenvalue weighted by molar-refractivity contribution is 5.92. The van der Waals surface area contributed by atoms with Crippen LogP contribution in [0.2, 0.25) is 0 Å². The highest BCUT2D eigenvalue weighted by Gasteiger charge is 2.58. The zero-order valence-corrected chi connectivity index (χ0v) is 15.6. The molecule has 0 aromatic heterocycles. The summed E-state index contributed by atoms with van der Waals surface area (Å²) in [7, 11) is 0. The minimum absolute atomic E-state index is 0.228. The van der Waals surface area contributed by atoms with Crippen LogP contribution in [0, 0.1) is 40.4 Å². The summed E-state index contributed by atoms with van der Waals surface area (Å²) in [4.78, 5) is 11.9. The first-order chi connectivity index (χ1) is 11.4. The average molecular weight is 328 g/mol. The fourth-order valence-electron chi connectivity index (χ4n) is 7.14. The number of allylic oxidation sites excluding steroid dienone is 4. The predicted octanol–water partition coefficient (Wildman–Crippen LogP) is 4.51. The lowest BCUT2D eigenvalue weighted by atomic mass is 9.48. The number of carbonyl (C=O) groups excluding carboxylic acids is 1. The Balaban J connectivity index is 1.68. The van der Waals surface area contributed by atoms with Gasteiger partial charge in [0.25, 0.3) is 0 Å². The summed E-state index contributed by atoms with van der Waals surface area (Å²) in [5, 5.41) is 0. The zero-order chi connectivity index (χ0) is 17.1. The fourth-order valence-corrected chi connectivity index (χ4v) is 7.14. The molecule has 0 aliphatic heterocycles. The van der Waals surface area contributed by atoms with Gasteiger partial charge in [0.2, 0.25) is 0 Å². The molecule has 0 bridgehead atoms. The first kappa shape index (κ1) is 16.6. The second-order valence-corrected chi connectivity index (χ2v) is 9.57. The molecule has 0 aromatic rings. The fraction of sp³-hybridized carbons (Fsp3) is 0.773. The Morgan fingerprint density at radius 1 is 1.21 bits per heavy atom. The maximum absolute atomic E-state index is 11.9. The molecule has 1 unspecified atom stereocenters. The highest BCUT2D eigenvalue weighted by atomic mass is 16.1. The van der Waals surface area contributed by atoms with E-state index in [1.54, 1.807) is 0 Å². The van der Waals surface area contributed by atoms with Crippen molar-refractivity contribution in [2.75, 3.05) is 6.54 Å². The molecule has 4 aliphatic carbocycles. The van der Waals surface area contributed by atoms with Crippen LogP contribution >= 0.6 is 0 Å². The minimum atomic E-state index is 0.228. The van der Waals surface area contributed by atoms with Gasteiger partial charge in [0.05, 0.1) is 0 Å². The molecular formula is C22H33NO. The van der Waals surface area contributed by atoms with Gasteiger partial charge in [-0.25, -0.2) is 0 Å². The molecule has 4 rings (SSSR count). The van der Waals surface area contributed by atoms with E-state index in [2.05, 4.69) is 32.9 Å². The maximum Gasteiger partial charge on any atom is 0.156 e. The van der Waals surface area contributed by atoms with Crippen molar-refractivity contribution in [3.8, 4) is 0 Å². The molecule has 7 atom stereocenters. The summed E-state index contributed by atoms with van der Waals surface area (Å²) in [6, 6.07) is 0. The second-order valence-electron chi connectivity index (χ2n) is 9.57. The van der Waals surface area contributed by atoms with E-state index in [-0.39, 0.29) is 5.41 Å². The first-order valence-corrected chi connectivity index (χ1v) is 10.0. The largest absolute Gasteiger partial charge is 0.330 e. The molecule has 2 heteroatoms. The number of nitrogens with two attached hydrogens (primary N) is 1. The smallest absolute Gasteiger partial charge is 0.156 e. The lowest BCUT2D eigenvalue weighted by Crippen LogP contribution is -2.49. The molecule has 0 aromatic carbocycles. The average Bonchev–Trinajstić information content (AvgIpc) is 2.92. The standard InChI is InChI=1S/C22H33NO/c1-14(13-23)18-6-7-19-17-5-4-15-12-16(24)8-10-21(15,2)20(17)9-11-22(18,19)3/h4-5,12,14,17-20H,6-11,13,23H2,1-3H3/t14?,17-,18+,19-,20-,21-,22+/m0/s1. The lowest BCUT2D eigenvalue weighted by Gasteiger charge is -2.56. The van der Waals surface area contributed by atoms with Gasteiger partial charge in [-0.2, -0.15) is 0 Å². The van der Waals surface area contributed by atoms with Crippen molar-refractivity contribution < 1.29 is 4.79 Å². The molecule has 0 amide bonds. The predicted molar refractivity (Wildman–Crippen MR) is 98.3 cm³/mol. The molecule has 0 radical (unpaired) electrons. The molecule has 2 fully saturated rings. The van der Waals surface area contributed by atoms with Crippen molar-refractivity contribution in [2.24, 2.45) is 46.2 Å².